The highest BCUT2D eigenvalue weighted by molar-refractivity contribution is 7.98. The Bertz CT molecular complexity index is 578. The monoisotopic (exact) mass is 293 g/mol. The van der Waals surface area contributed by atoms with E-state index in [-0.39, 0.29) is 6.61 Å². The van der Waals surface area contributed by atoms with E-state index in [0.29, 0.717) is 5.82 Å². The summed E-state index contributed by atoms with van der Waals surface area (Å²) in [7, 11) is 1.63. The number of anilines is 1. The smallest absolute Gasteiger partial charge is 0.144 e. The summed E-state index contributed by atoms with van der Waals surface area (Å²) < 4.78 is 5.20. The summed E-state index contributed by atoms with van der Waals surface area (Å²) in [6.45, 7) is 0.227. The third kappa shape index (κ3) is 3.53. The number of thioether (sulfide) groups is 1. The Hall–Kier alpha value is -1.50. The molecule has 0 bridgehead atoms. The summed E-state index contributed by atoms with van der Waals surface area (Å²) in [6, 6.07) is 7.88. The van der Waals surface area contributed by atoms with Crippen molar-refractivity contribution in [2.75, 3.05) is 24.9 Å². The van der Waals surface area contributed by atoms with Gasteiger partial charge in [0.15, 0.2) is 0 Å². The van der Waals surface area contributed by atoms with Crippen LogP contribution >= 0.6 is 11.8 Å². The van der Waals surface area contributed by atoms with Gasteiger partial charge in [-0.3, -0.25) is 0 Å². The Balaban J connectivity index is 2.25. The number of hydrogen-bond donors (Lipinski definition) is 3. The summed E-state index contributed by atoms with van der Waals surface area (Å²) in [5, 5.41) is 9.84. The molecule has 0 spiro atoms. The van der Waals surface area contributed by atoms with Crippen molar-refractivity contribution in [3.8, 4) is 5.75 Å². The van der Waals surface area contributed by atoms with Crippen molar-refractivity contribution in [3.05, 3.63) is 29.8 Å². The number of benzene rings is 1. The maximum Gasteiger partial charge on any atom is 0.144 e. The third-order valence-corrected chi connectivity index (χ3v) is 4.04. The molecule has 6 heteroatoms. The number of hydrazine groups is 1. The predicted molar refractivity (Wildman–Crippen MR) is 84.0 cm³/mol. The second-order valence-corrected chi connectivity index (χ2v) is 5.43. The minimum atomic E-state index is 0.227. The number of nitrogen functional groups attached to an aromatic ring is 1. The van der Waals surface area contributed by atoms with Gasteiger partial charge in [0.1, 0.15) is 11.6 Å². The van der Waals surface area contributed by atoms with Crippen LogP contribution in [0.2, 0.25) is 0 Å². The molecular weight excluding hydrogens is 274 g/mol. The van der Waals surface area contributed by atoms with Crippen LogP contribution < -0.4 is 16.0 Å². The summed E-state index contributed by atoms with van der Waals surface area (Å²) in [5.74, 6) is 8.74. The first kappa shape index (κ1) is 14.9. The van der Waals surface area contributed by atoms with E-state index in [1.54, 1.807) is 18.9 Å². The lowest BCUT2D eigenvalue weighted by atomic mass is 10.1. The van der Waals surface area contributed by atoms with Gasteiger partial charge in [-0.05, 0) is 30.4 Å². The first-order valence-electron chi connectivity index (χ1n) is 6.41. The lowest BCUT2D eigenvalue weighted by molar-refractivity contribution is 0.296. The Kier molecular flexibility index (Phi) is 5.46. The fraction of sp³-hybridized carbons (Fsp3) is 0.357. The molecule has 1 aromatic heterocycles. The fourth-order valence-corrected chi connectivity index (χ4v) is 2.82. The van der Waals surface area contributed by atoms with Gasteiger partial charge in [-0.25, -0.2) is 10.8 Å². The standard InChI is InChI=1S/C14H19N3O2S/c1-19-12-4-3-10-7-11(9-20-6-2-5-18)14(17-15)16-13(10)8-12/h3-4,7-8,18H,2,5-6,9,15H2,1H3,(H,16,17). The zero-order valence-corrected chi connectivity index (χ0v) is 12.2. The van der Waals surface area contributed by atoms with E-state index in [2.05, 4.69) is 16.5 Å². The number of aliphatic hydroxyl groups excluding tert-OH is 1. The number of aromatic nitrogens is 1. The maximum absolute atomic E-state index is 8.79. The van der Waals surface area contributed by atoms with Crippen LogP contribution in [0, 0.1) is 0 Å². The van der Waals surface area contributed by atoms with E-state index in [4.69, 9.17) is 15.7 Å². The van der Waals surface area contributed by atoms with Crippen molar-refractivity contribution in [2.45, 2.75) is 12.2 Å². The van der Waals surface area contributed by atoms with Crippen molar-refractivity contribution in [3.63, 3.8) is 0 Å². The molecular formula is C14H19N3O2S. The summed E-state index contributed by atoms with van der Waals surface area (Å²) in [4.78, 5) is 4.52. The first-order chi connectivity index (χ1) is 9.78. The van der Waals surface area contributed by atoms with E-state index in [9.17, 15) is 0 Å². The number of methoxy groups -OCH3 is 1. The van der Waals surface area contributed by atoms with Crippen molar-refractivity contribution in [1.82, 2.24) is 4.98 Å². The van der Waals surface area contributed by atoms with Gasteiger partial charge >= 0.3 is 0 Å². The number of pyridine rings is 1. The zero-order chi connectivity index (χ0) is 14.4. The van der Waals surface area contributed by atoms with Gasteiger partial charge < -0.3 is 15.3 Å². The molecule has 2 rings (SSSR count). The fourth-order valence-electron chi connectivity index (χ4n) is 1.90. The molecule has 108 valence electrons. The minimum absolute atomic E-state index is 0.227. The Labute approximate surface area is 122 Å². The Morgan fingerprint density at radius 1 is 1.40 bits per heavy atom. The summed E-state index contributed by atoms with van der Waals surface area (Å²) in [6.07, 6.45) is 0.800. The Morgan fingerprint density at radius 3 is 2.95 bits per heavy atom. The lowest BCUT2D eigenvalue weighted by Crippen LogP contribution is -2.11. The predicted octanol–water partition coefficient (Wildman–Crippen LogP) is 2.14. The largest absolute Gasteiger partial charge is 0.497 e. The molecule has 0 saturated carbocycles. The van der Waals surface area contributed by atoms with Gasteiger partial charge in [-0.15, -0.1) is 0 Å². The van der Waals surface area contributed by atoms with E-state index >= 15 is 0 Å². The minimum Gasteiger partial charge on any atom is -0.497 e. The molecule has 0 aliphatic rings. The molecule has 4 N–H and O–H groups in total. The van der Waals surface area contributed by atoms with E-state index in [0.717, 1.165) is 40.1 Å². The molecule has 0 amide bonds. The van der Waals surface area contributed by atoms with Crippen LogP contribution in [0.3, 0.4) is 0 Å². The molecule has 0 fully saturated rings. The number of nitrogens with zero attached hydrogens (tertiary/aromatic N) is 1. The molecule has 20 heavy (non-hydrogen) atoms. The van der Waals surface area contributed by atoms with E-state index in [1.165, 1.54) is 0 Å². The van der Waals surface area contributed by atoms with Gasteiger partial charge in [0.25, 0.3) is 0 Å². The molecule has 0 saturated heterocycles. The van der Waals surface area contributed by atoms with Gasteiger partial charge in [0.2, 0.25) is 0 Å². The molecule has 0 aliphatic carbocycles. The normalized spacial score (nSPS) is 10.8. The van der Waals surface area contributed by atoms with Crippen LogP contribution in [0.4, 0.5) is 5.82 Å². The topological polar surface area (TPSA) is 80.4 Å². The molecule has 1 aromatic carbocycles. The van der Waals surface area contributed by atoms with Crippen molar-refractivity contribution >= 4 is 28.5 Å². The molecule has 5 nitrogen and oxygen atoms in total. The number of ether oxygens (including phenoxy) is 1. The van der Waals surface area contributed by atoms with Gasteiger partial charge in [0.05, 0.1) is 12.6 Å². The highest BCUT2D eigenvalue weighted by Gasteiger charge is 2.07. The number of fused-ring (bicyclic) bond motifs is 1. The molecule has 2 aromatic rings. The van der Waals surface area contributed by atoms with Gasteiger partial charge in [0, 0.05) is 29.4 Å². The number of hydrogen-bond acceptors (Lipinski definition) is 6. The van der Waals surface area contributed by atoms with Crippen LogP contribution in [0.1, 0.15) is 12.0 Å². The molecule has 1 heterocycles. The average Bonchev–Trinajstić information content (AvgIpc) is 2.50. The maximum atomic E-state index is 8.79. The molecule has 0 atom stereocenters. The van der Waals surface area contributed by atoms with E-state index in [1.807, 2.05) is 18.2 Å². The zero-order valence-electron chi connectivity index (χ0n) is 11.4. The number of aliphatic hydroxyl groups is 1. The van der Waals surface area contributed by atoms with Crippen LogP contribution in [0.25, 0.3) is 10.9 Å². The van der Waals surface area contributed by atoms with Gasteiger partial charge in [-0.1, -0.05) is 0 Å². The first-order valence-corrected chi connectivity index (χ1v) is 7.57. The molecule has 0 radical (unpaired) electrons. The van der Waals surface area contributed by atoms with Crippen LogP contribution in [-0.4, -0.2) is 29.6 Å². The second kappa shape index (κ2) is 7.33. The quantitative estimate of drug-likeness (QED) is 0.412. The Morgan fingerprint density at radius 2 is 2.25 bits per heavy atom. The van der Waals surface area contributed by atoms with Crippen LogP contribution in [0.15, 0.2) is 24.3 Å². The van der Waals surface area contributed by atoms with Crippen molar-refractivity contribution in [1.29, 1.82) is 0 Å². The van der Waals surface area contributed by atoms with E-state index < -0.39 is 0 Å². The highest BCUT2D eigenvalue weighted by Crippen LogP contribution is 2.26. The average molecular weight is 293 g/mol. The van der Waals surface area contributed by atoms with Gasteiger partial charge in [-0.2, -0.15) is 11.8 Å². The number of nitrogens with one attached hydrogen (secondary N) is 1. The lowest BCUT2D eigenvalue weighted by Gasteiger charge is -2.10. The molecule has 0 unspecified atom stereocenters. The van der Waals surface area contributed by atoms with Crippen molar-refractivity contribution in [2.24, 2.45) is 5.84 Å². The summed E-state index contributed by atoms with van der Waals surface area (Å²) in [5.41, 5.74) is 4.56. The highest BCUT2D eigenvalue weighted by atomic mass is 32.2. The van der Waals surface area contributed by atoms with Crippen LogP contribution in [0.5, 0.6) is 5.75 Å². The SMILES string of the molecule is COc1ccc2cc(CSCCCO)c(NN)nc2c1. The molecule has 0 aliphatic heterocycles. The number of nitrogens with two attached hydrogens (primary N) is 1. The number of rotatable bonds is 7. The summed E-state index contributed by atoms with van der Waals surface area (Å²) >= 11 is 1.76. The third-order valence-electron chi connectivity index (χ3n) is 2.94. The second-order valence-electron chi connectivity index (χ2n) is 4.33. The van der Waals surface area contributed by atoms with Crippen LogP contribution in [-0.2, 0) is 5.75 Å². The van der Waals surface area contributed by atoms with Crippen molar-refractivity contribution < 1.29 is 9.84 Å².